The van der Waals surface area contributed by atoms with Crippen LogP contribution in [0.5, 0.6) is 5.75 Å². The van der Waals surface area contributed by atoms with Gasteiger partial charge in [-0.05, 0) is 30.9 Å². The second kappa shape index (κ2) is 6.45. The molecule has 0 aromatic heterocycles. The third-order valence-electron chi connectivity index (χ3n) is 3.47. The molecule has 100 valence electrons. The Hall–Kier alpha value is -0.710. The van der Waals surface area contributed by atoms with Crippen LogP contribution in [0.3, 0.4) is 0 Å². The maximum absolute atomic E-state index is 5.44. The van der Waals surface area contributed by atoms with E-state index >= 15 is 0 Å². The number of rotatable bonds is 4. The molecule has 1 atom stereocenters. The van der Waals surface area contributed by atoms with Crippen LogP contribution < -0.4 is 10.1 Å². The number of piperazine rings is 1. The highest BCUT2D eigenvalue weighted by molar-refractivity contribution is 7.98. The van der Waals surface area contributed by atoms with E-state index in [9.17, 15) is 0 Å². The molecule has 18 heavy (non-hydrogen) atoms. The van der Waals surface area contributed by atoms with Crippen LogP contribution in [0.4, 0.5) is 0 Å². The standard InChI is InChI=1S/C14H22N2OS/c1-11-9-15-6-7-16(11)10-12-4-5-14(18-3)13(8-12)17-2/h4-5,8,11,15H,6-7,9-10H2,1-3H3/t11-/m0/s1. The van der Waals surface area contributed by atoms with Gasteiger partial charge in [-0.2, -0.15) is 0 Å². The van der Waals surface area contributed by atoms with Gasteiger partial charge in [-0.3, -0.25) is 4.90 Å². The number of thioether (sulfide) groups is 1. The Labute approximate surface area is 114 Å². The van der Waals surface area contributed by atoms with Crippen molar-refractivity contribution >= 4 is 11.8 Å². The molecule has 1 aromatic carbocycles. The summed E-state index contributed by atoms with van der Waals surface area (Å²) in [6.07, 6.45) is 2.08. The average Bonchev–Trinajstić information content (AvgIpc) is 2.41. The lowest BCUT2D eigenvalue weighted by Gasteiger charge is -2.34. The van der Waals surface area contributed by atoms with Gasteiger partial charge in [0.1, 0.15) is 5.75 Å². The smallest absolute Gasteiger partial charge is 0.132 e. The lowest BCUT2D eigenvalue weighted by atomic mass is 10.1. The van der Waals surface area contributed by atoms with Gasteiger partial charge in [0.15, 0.2) is 0 Å². The highest BCUT2D eigenvalue weighted by Crippen LogP contribution is 2.28. The van der Waals surface area contributed by atoms with Crippen molar-refractivity contribution in [3.8, 4) is 5.75 Å². The summed E-state index contributed by atoms with van der Waals surface area (Å²) in [4.78, 5) is 3.72. The highest BCUT2D eigenvalue weighted by Gasteiger charge is 2.18. The van der Waals surface area contributed by atoms with Crippen LogP contribution in [0.25, 0.3) is 0 Å². The van der Waals surface area contributed by atoms with Crippen LogP contribution >= 0.6 is 11.8 Å². The molecule has 2 rings (SSSR count). The van der Waals surface area contributed by atoms with Crippen LogP contribution in [0, 0.1) is 0 Å². The van der Waals surface area contributed by atoms with Gasteiger partial charge in [0.05, 0.1) is 7.11 Å². The molecule has 1 aliphatic heterocycles. The molecule has 0 radical (unpaired) electrons. The van der Waals surface area contributed by atoms with Gasteiger partial charge in [-0.25, -0.2) is 0 Å². The first-order valence-corrected chi connectivity index (χ1v) is 7.62. The van der Waals surface area contributed by atoms with E-state index < -0.39 is 0 Å². The van der Waals surface area contributed by atoms with Crippen molar-refractivity contribution in [2.24, 2.45) is 0 Å². The third kappa shape index (κ3) is 3.19. The fourth-order valence-electron chi connectivity index (χ4n) is 2.33. The number of hydrogen-bond donors (Lipinski definition) is 1. The van der Waals surface area contributed by atoms with E-state index in [0.717, 1.165) is 31.9 Å². The van der Waals surface area contributed by atoms with Crippen LogP contribution in [0.1, 0.15) is 12.5 Å². The Bertz CT molecular complexity index is 397. The number of nitrogens with zero attached hydrogens (tertiary/aromatic N) is 1. The fraction of sp³-hybridized carbons (Fsp3) is 0.571. The first-order chi connectivity index (χ1) is 8.74. The van der Waals surface area contributed by atoms with E-state index in [-0.39, 0.29) is 0 Å². The molecule has 1 saturated heterocycles. The second-order valence-electron chi connectivity index (χ2n) is 4.71. The molecule has 1 aliphatic rings. The molecule has 0 bridgehead atoms. The summed E-state index contributed by atoms with van der Waals surface area (Å²) in [5.41, 5.74) is 1.33. The minimum atomic E-state index is 0.602. The molecule has 1 N–H and O–H groups in total. The minimum Gasteiger partial charge on any atom is -0.496 e. The van der Waals surface area contributed by atoms with Crippen LogP contribution in [-0.2, 0) is 6.54 Å². The molecule has 1 fully saturated rings. The van der Waals surface area contributed by atoms with Gasteiger partial charge in [0, 0.05) is 37.1 Å². The van der Waals surface area contributed by atoms with E-state index in [1.54, 1.807) is 18.9 Å². The Morgan fingerprint density at radius 2 is 2.33 bits per heavy atom. The monoisotopic (exact) mass is 266 g/mol. The van der Waals surface area contributed by atoms with Crippen molar-refractivity contribution in [1.29, 1.82) is 0 Å². The molecule has 0 unspecified atom stereocenters. The molecular formula is C14H22N2OS. The average molecular weight is 266 g/mol. The zero-order valence-electron chi connectivity index (χ0n) is 11.4. The van der Waals surface area contributed by atoms with Gasteiger partial charge in [0.25, 0.3) is 0 Å². The lowest BCUT2D eigenvalue weighted by Crippen LogP contribution is -2.49. The number of nitrogens with one attached hydrogen (secondary N) is 1. The number of hydrogen-bond acceptors (Lipinski definition) is 4. The van der Waals surface area contributed by atoms with Gasteiger partial charge >= 0.3 is 0 Å². The summed E-state index contributed by atoms with van der Waals surface area (Å²) in [6.45, 7) is 6.58. The SMILES string of the molecule is COc1cc(CN2CCNC[C@@H]2C)ccc1SC. The summed E-state index contributed by atoms with van der Waals surface area (Å²) in [5, 5.41) is 3.42. The molecule has 1 heterocycles. The zero-order valence-corrected chi connectivity index (χ0v) is 12.2. The lowest BCUT2D eigenvalue weighted by molar-refractivity contribution is 0.165. The predicted molar refractivity (Wildman–Crippen MR) is 77.5 cm³/mol. The molecule has 0 saturated carbocycles. The predicted octanol–water partition coefficient (Wildman–Crippen LogP) is 2.21. The van der Waals surface area contributed by atoms with E-state index in [4.69, 9.17) is 4.74 Å². The Morgan fingerprint density at radius 3 is 3.00 bits per heavy atom. The second-order valence-corrected chi connectivity index (χ2v) is 5.56. The first kappa shape index (κ1) is 13.7. The largest absolute Gasteiger partial charge is 0.496 e. The van der Waals surface area contributed by atoms with E-state index in [1.807, 2.05) is 0 Å². The van der Waals surface area contributed by atoms with Gasteiger partial charge in [-0.1, -0.05) is 6.07 Å². The summed E-state index contributed by atoms with van der Waals surface area (Å²) in [6, 6.07) is 7.14. The Balaban J connectivity index is 2.08. The maximum Gasteiger partial charge on any atom is 0.132 e. The topological polar surface area (TPSA) is 24.5 Å². The highest BCUT2D eigenvalue weighted by atomic mass is 32.2. The zero-order chi connectivity index (χ0) is 13.0. The van der Waals surface area contributed by atoms with Gasteiger partial charge in [-0.15, -0.1) is 11.8 Å². The first-order valence-electron chi connectivity index (χ1n) is 6.40. The van der Waals surface area contributed by atoms with E-state index in [0.29, 0.717) is 6.04 Å². The van der Waals surface area contributed by atoms with Crippen LogP contribution in [0.2, 0.25) is 0 Å². The van der Waals surface area contributed by atoms with Crippen molar-refractivity contribution in [2.75, 3.05) is 33.0 Å². The summed E-state index contributed by atoms with van der Waals surface area (Å²) in [7, 11) is 1.74. The van der Waals surface area contributed by atoms with E-state index in [1.165, 1.54) is 10.5 Å². The van der Waals surface area contributed by atoms with Gasteiger partial charge in [0.2, 0.25) is 0 Å². The molecule has 3 nitrogen and oxygen atoms in total. The van der Waals surface area contributed by atoms with Crippen molar-refractivity contribution in [2.45, 2.75) is 24.4 Å². The van der Waals surface area contributed by atoms with E-state index in [2.05, 4.69) is 41.6 Å². The van der Waals surface area contributed by atoms with Crippen molar-refractivity contribution in [1.82, 2.24) is 10.2 Å². The summed E-state index contributed by atoms with van der Waals surface area (Å²) >= 11 is 1.73. The van der Waals surface area contributed by atoms with Crippen molar-refractivity contribution in [3.05, 3.63) is 23.8 Å². The van der Waals surface area contributed by atoms with Crippen LogP contribution in [0.15, 0.2) is 23.1 Å². The fourth-order valence-corrected chi connectivity index (χ4v) is 2.88. The minimum absolute atomic E-state index is 0.602. The van der Waals surface area contributed by atoms with Gasteiger partial charge < -0.3 is 10.1 Å². The summed E-state index contributed by atoms with van der Waals surface area (Å²) in [5.74, 6) is 0.989. The van der Waals surface area contributed by atoms with Crippen molar-refractivity contribution < 1.29 is 4.74 Å². The quantitative estimate of drug-likeness (QED) is 0.845. The number of benzene rings is 1. The van der Waals surface area contributed by atoms with Crippen LogP contribution in [-0.4, -0.2) is 43.9 Å². The Kier molecular flexibility index (Phi) is 4.92. The molecule has 0 amide bonds. The molecule has 0 aliphatic carbocycles. The third-order valence-corrected chi connectivity index (χ3v) is 4.25. The summed E-state index contributed by atoms with van der Waals surface area (Å²) < 4.78 is 5.44. The number of methoxy groups -OCH3 is 1. The maximum atomic E-state index is 5.44. The normalized spacial score (nSPS) is 20.9. The number of ether oxygens (including phenoxy) is 1. The Morgan fingerprint density at radius 1 is 1.50 bits per heavy atom. The van der Waals surface area contributed by atoms with Crippen molar-refractivity contribution in [3.63, 3.8) is 0 Å². The molecular weight excluding hydrogens is 244 g/mol. The molecule has 1 aromatic rings. The molecule has 4 heteroatoms. The molecule has 0 spiro atoms.